The van der Waals surface area contributed by atoms with Crippen LogP contribution < -0.4 is 27.6 Å². The summed E-state index contributed by atoms with van der Waals surface area (Å²) in [6.07, 6.45) is -0.207. The van der Waals surface area contributed by atoms with Crippen LogP contribution in [0.25, 0.3) is 11.8 Å². The van der Waals surface area contributed by atoms with Crippen molar-refractivity contribution in [1.29, 1.82) is 0 Å². The van der Waals surface area contributed by atoms with Gasteiger partial charge < -0.3 is 15.6 Å². The summed E-state index contributed by atoms with van der Waals surface area (Å²) >= 11 is 0. The SMILES string of the molecule is COC1=c2c(c(=O)[nH]c(=O)n2C2CC2)=CC(F)C1N1CC(F)C(C(N)CO)C1. The summed E-state index contributed by atoms with van der Waals surface area (Å²) in [5, 5.41) is 9.59. The highest BCUT2D eigenvalue weighted by atomic mass is 19.1. The number of methoxy groups -OCH3 is 1. The fraction of sp³-hybridized carbons (Fsp3) is 0.667. The first-order valence-electron chi connectivity index (χ1n) is 9.40. The fourth-order valence-electron chi connectivity index (χ4n) is 4.36. The Hall–Kier alpha value is -2.04. The van der Waals surface area contributed by atoms with Crippen LogP contribution in [0, 0.1) is 5.92 Å². The van der Waals surface area contributed by atoms with Crippen molar-refractivity contribution in [3.63, 3.8) is 0 Å². The largest absolute Gasteiger partial charge is 0.497 e. The quantitative estimate of drug-likeness (QED) is 0.515. The predicted molar refractivity (Wildman–Crippen MR) is 97.4 cm³/mol. The monoisotopic (exact) mass is 398 g/mol. The van der Waals surface area contributed by atoms with Crippen LogP contribution in [0.2, 0.25) is 0 Å². The van der Waals surface area contributed by atoms with Crippen molar-refractivity contribution in [2.45, 2.75) is 43.3 Å². The third-order valence-electron chi connectivity index (χ3n) is 5.91. The Kier molecular flexibility index (Phi) is 4.88. The molecule has 1 saturated carbocycles. The second kappa shape index (κ2) is 7.09. The molecule has 154 valence electrons. The van der Waals surface area contributed by atoms with Crippen LogP contribution >= 0.6 is 0 Å². The first-order valence-corrected chi connectivity index (χ1v) is 9.40. The van der Waals surface area contributed by atoms with Crippen molar-refractivity contribution < 1.29 is 18.6 Å². The molecule has 0 bridgehead atoms. The molecule has 1 saturated heterocycles. The molecule has 1 aliphatic heterocycles. The number of hydrogen-bond donors (Lipinski definition) is 3. The van der Waals surface area contributed by atoms with Gasteiger partial charge in [0.05, 0.1) is 24.3 Å². The Morgan fingerprint density at radius 2 is 2.07 bits per heavy atom. The highest BCUT2D eigenvalue weighted by Gasteiger charge is 2.45. The average Bonchev–Trinajstić information content (AvgIpc) is 3.42. The lowest BCUT2D eigenvalue weighted by Crippen LogP contribution is -2.60. The summed E-state index contributed by atoms with van der Waals surface area (Å²) in [5.74, 6) is -0.493. The van der Waals surface area contributed by atoms with Crippen molar-refractivity contribution in [3.8, 4) is 0 Å². The number of halogens is 2. The number of nitrogens with zero attached hydrogens (tertiary/aromatic N) is 2. The molecule has 3 aliphatic rings. The third kappa shape index (κ3) is 2.99. The number of H-pyrrole nitrogens is 1. The van der Waals surface area contributed by atoms with Crippen LogP contribution in [0.1, 0.15) is 18.9 Å². The number of fused-ring (bicyclic) bond motifs is 1. The van der Waals surface area contributed by atoms with Crippen molar-refractivity contribution in [2.24, 2.45) is 11.7 Å². The van der Waals surface area contributed by atoms with Crippen LogP contribution in [0.4, 0.5) is 8.78 Å². The van der Waals surface area contributed by atoms with Crippen molar-refractivity contribution in [2.75, 3.05) is 26.8 Å². The lowest BCUT2D eigenvalue weighted by atomic mass is 9.98. The molecular weight excluding hydrogens is 374 g/mol. The van der Waals surface area contributed by atoms with Crippen molar-refractivity contribution in [3.05, 3.63) is 31.4 Å². The molecule has 1 aromatic rings. The van der Waals surface area contributed by atoms with E-state index in [-0.39, 0.29) is 42.1 Å². The number of nitrogens with one attached hydrogen (secondary N) is 1. The third-order valence-corrected chi connectivity index (χ3v) is 5.91. The van der Waals surface area contributed by atoms with E-state index in [1.807, 2.05) is 0 Å². The summed E-state index contributed by atoms with van der Waals surface area (Å²) in [6.45, 7) is -0.299. The van der Waals surface area contributed by atoms with Gasteiger partial charge in [0.1, 0.15) is 24.1 Å². The van der Waals surface area contributed by atoms with Gasteiger partial charge in [-0.3, -0.25) is 19.2 Å². The number of aromatic amines is 1. The maximum absolute atomic E-state index is 15.1. The van der Waals surface area contributed by atoms with Gasteiger partial charge in [-0.25, -0.2) is 13.6 Å². The van der Waals surface area contributed by atoms with Gasteiger partial charge in [-0.05, 0) is 18.9 Å². The van der Waals surface area contributed by atoms with Gasteiger partial charge in [-0.1, -0.05) is 0 Å². The van der Waals surface area contributed by atoms with E-state index >= 15 is 4.39 Å². The first kappa shape index (κ1) is 19.3. The minimum atomic E-state index is -1.62. The number of aromatic nitrogens is 2. The van der Waals surface area contributed by atoms with Crippen LogP contribution in [-0.4, -0.2) is 70.8 Å². The minimum Gasteiger partial charge on any atom is -0.497 e. The second-order valence-electron chi connectivity index (χ2n) is 7.73. The maximum atomic E-state index is 15.1. The van der Waals surface area contributed by atoms with Gasteiger partial charge in [0, 0.05) is 31.1 Å². The topological polar surface area (TPSA) is 114 Å². The lowest BCUT2D eigenvalue weighted by molar-refractivity contribution is 0.156. The van der Waals surface area contributed by atoms with E-state index in [1.54, 1.807) is 4.90 Å². The molecule has 8 nitrogen and oxygen atoms in total. The summed E-state index contributed by atoms with van der Waals surface area (Å²) < 4.78 is 36.6. The normalized spacial score (nSPS) is 31.4. The molecule has 4 rings (SSSR count). The van der Waals surface area contributed by atoms with Gasteiger partial charge in [0.15, 0.2) is 0 Å². The number of nitrogens with two attached hydrogens (primary N) is 1. The zero-order chi connectivity index (χ0) is 20.2. The average molecular weight is 398 g/mol. The minimum absolute atomic E-state index is 0.0618. The van der Waals surface area contributed by atoms with Gasteiger partial charge in [-0.2, -0.15) is 0 Å². The standard InChI is InChI=1S/C18H24F2N4O4/c1-28-16-14-9(17(26)22-18(27)24(14)8-2-3-8)4-11(19)15(16)23-5-10(12(20)6-23)13(21)7-25/h4,8,10-13,15,25H,2-3,5-7,21H2,1H3,(H,22,26,27). The van der Waals surface area contributed by atoms with E-state index in [2.05, 4.69) is 4.98 Å². The predicted octanol–water partition coefficient (Wildman–Crippen LogP) is -2.28. The highest BCUT2D eigenvalue weighted by Crippen LogP contribution is 2.33. The van der Waals surface area contributed by atoms with Gasteiger partial charge in [0.25, 0.3) is 5.56 Å². The molecule has 28 heavy (non-hydrogen) atoms. The van der Waals surface area contributed by atoms with Gasteiger partial charge in [0.2, 0.25) is 0 Å². The molecule has 10 heteroatoms. The number of alkyl halides is 2. The Morgan fingerprint density at radius 1 is 1.36 bits per heavy atom. The molecule has 4 N–H and O–H groups in total. The molecule has 2 aliphatic carbocycles. The molecule has 2 fully saturated rings. The van der Waals surface area contributed by atoms with E-state index in [4.69, 9.17) is 10.5 Å². The maximum Gasteiger partial charge on any atom is 0.329 e. The molecule has 0 amide bonds. The van der Waals surface area contributed by atoms with Gasteiger partial charge >= 0.3 is 5.69 Å². The molecule has 0 radical (unpaired) electrons. The first-order chi connectivity index (χ1) is 13.4. The van der Waals surface area contributed by atoms with Crippen molar-refractivity contribution >= 4 is 11.8 Å². The number of hydrogen-bond acceptors (Lipinski definition) is 6. The van der Waals surface area contributed by atoms with E-state index < -0.39 is 41.6 Å². The fourth-order valence-corrected chi connectivity index (χ4v) is 4.36. The second-order valence-corrected chi connectivity index (χ2v) is 7.73. The molecule has 1 aromatic heterocycles. The number of likely N-dealkylation sites (tertiary alicyclic amines) is 1. The molecule has 5 atom stereocenters. The Balaban J connectivity index is 1.87. The van der Waals surface area contributed by atoms with E-state index in [0.717, 1.165) is 12.8 Å². The van der Waals surface area contributed by atoms with Crippen LogP contribution in [0.15, 0.2) is 9.59 Å². The Labute approximate surface area is 158 Å². The summed E-state index contributed by atoms with van der Waals surface area (Å²) in [6, 6.07) is -1.80. The number of rotatable bonds is 5. The molecular formula is C18H24F2N4O4. The van der Waals surface area contributed by atoms with Crippen LogP contribution in [-0.2, 0) is 4.74 Å². The Morgan fingerprint density at radius 3 is 2.68 bits per heavy atom. The summed E-state index contributed by atoms with van der Waals surface area (Å²) in [5.41, 5.74) is 4.57. The molecule has 2 heterocycles. The molecule has 5 unspecified atom stereocenters. The zero-order valence-corrected chi connectivity index (χ0v) is 15.5. The van der Waals surface area contributed by atoms with Crippen LogP contribution in [0.3, 0.4) is 0 Å². The number of aliphatic hydroxyl groups excluding tert-OH is 1. The van der Waals surface area contributed by atoms with E-state index in [9.17, 15) is 19.1 Å². The lowest BCUT2D eigenvalue weighted by Gasteiger charge is -2.32. The smallest absolute Gasteiger partial charge is 0.329 e. The zero-order valence-electron chi connectivity index (χ0n) is 15.5. The van der Waals surface area contributed by atoms with Crippen molar-refractivity contribution in [1.82, 2.24) is 14.5 Å². The molecule has 0 aromatic carbocycles. The Bertz CT molecular complexity index is 1000. The molecule has 0 spiro atoms. The van der Waals surface area contributed by atoms with Crippen LogP contribution in [0.5, 0.6) is 0 Å². The number of aliphatic hydroxyl groups is 1. The van der Waals surface area contributed by atoms with E-state index in [0.29, 0.717) is 0 Å². The number of ether oxygens (including phenoxy) is 1. The summed E-state index contributed by atoms with van der Waals surface area (Å²) in [4.78, 5) is 28.5. The summed E-state index contributed by atoms with van der Waals surface area (Å²) in [7, 11) is 1.35. The van der Waals surface area contributed by atoms with Gasteiger partial charge in [-0.15, -0.1) is 0 Å². The highest BCUT2D eigenvalue weighted by molar-refractivity contribution is 5.53. The van der Waals surface area contributed by atoms with E-state index in [1.165, 1.54) is 17.8 Å².